The number of nitrogens with zero attached hydrogens (tertiary/aromatic N) is 3. The van der Waals surface area contributed by atoms with Gasteiger partial charge in [-0.3, -0.25) is 4.68 Å². The smallest absolute Gasteiger partial charge is 0.173 e. The van der Waals surface area contributed by atoms with Crippen LogP contribution in [0.15, 0.2) is 41.8 Å². The maximum atomic E-state index is 8.75. The molecule has 0 aliphatic heterocycles. The molecule has 0 fully saturated rings. The molecule has 3 N–H and O–H groups in total. The SMILES string of the molecule is COc1ccc(Cn2cccn2)cc1C(N)=NO. The number of benzene rings is 1. The van der Waals surface area contributed by atoms with E-state index in [2.05, 4.69) is 10.3 Å². The summed E-state index contributed by atoms with van der Waals surface area (Å²) in [6.07, 6.45) is 3.58. The van der Waals surface area contributed by atoms with E-state index in [1.54, 1.807) is 16.9 Å². The Kier molecular flexibility index (Phi) is 3.47. The Morgan fingerprint density at radius 2 is 2.39 bits per heavy atom. The van der Waals surface area contributed by atoms with Gasteiger partial charge in [0.2, 0.25) is 0 Å². The van der Waals surface area contributed by atoms with Crippen LogP contribution in [0, 0.1) is 0 Å². The number of hydrogen-bond acceptors (Lipinski definition) is 4. The van der Waals surface area contributed by atoms with E-state index in [0.29, 0.717) is 17.9 Å². The van der Waals surface area contributed by atoms with Crippen molar-refractivity contribution in [3.05, 3.63) is 47.8 Å². The van der Waals surface area contributed by atoms with Crippen LogP contribution in [0.1, 0.15) is 11.1 Å². The summed E-state index contributed by atoms with van der Waals surface area (Å²) in [4.78, 5) is 0. The Balaban J connectivity index is 2.33. The lowest BCUT2D eigenvalue weighted by Gasteiger charge is -2.09. The fraction of sp³-hybridized carbons (Fsp3) is 0.167. The Hall–Kier alpha value is -2.50. The summed E-state index contributed by atoms with van der Waals surface area (Å²) in [6, 6.07) is 7.37. The number of hydrogen-bond donors (Lipinski definition) is 2. The zero-order valence-electron chi connectivity index (χ0n) is 9.95. The van der Waals surface area contributed by atoms with Gasteiger partial charge in [0.25, 0.3) is 0 Å². The average molecular weight is 246 g/mol. The van der Waals surface area contributed by atoms with Gasteiger partial charge in [-0.15, -0.1) is 0 Å². The molecule has 1 heterocycles. The Bertz CT molecular complexity index is 549. The second kappa shape index (κ2) is 5.22. The molecule has 0 unspecified atom stereocenters. The molecule has 0 bridgehead atoms. The normalized spacial score (nSPS) is 11.5. The predicted molar refractivity (Wildman–Crippen MR) is 66.8 cm³/mol. The highest BCUT2D eigenvalue weighted by molar-refractivity contribution is 5.99. The van der Waals surface area contributed by atoms with Crippen LogP contribution in [0.25, 0.3) is 0 Å². The summed E-state index contributed by atoms with van der Waals surface area (Å²) < 4.78 is 6.95. The third-order valence-corrected chi connectivity index (χ3v) is 2.55. The van der Waals surface area contributed by atoms with E-state index in [9.17, 15) is 0 Å². The Morgan fingerprint density at radius 3 is 3.00 bits per heavy atom. The predicted octanol–water partition coefficient (Wildman–Crippen LogP) is 1.03. The molecule has 6 nitrogen and oxygen atoms in total. The van der Waals surface area contributed by atoms with Crippen molar-refractivity contribution in [1.29, 1.82) is 0 Å². The fourth-order valence-corrected chi connectivity index (χ4v) is 1.69. The van der Waals surface area contributed by atoms with Gasteiger partial charge < -0.3 is 15.7 Å². The highest BCUT2D eigenvalue weighted by Crippen LogP contribution is 2.20. The van der Waals surface area contributed by atoms with E-state index in [1.165, 1.54) is 7.11 Å². The first-order chi connectivity index (χ1) is 8.74. The largest absolute Gasteiger partial charge is 0.496 e. The summed E-state index contributed by atoms with van der Waals surface area (Å²) in [5, 5.41) is 15.9. The minimum Gasteiger partial charge on any atom is -0.496 e. The maximum absolute atomic E-state index is 8.75. The number of ether oxygens (including phenoxy) is 1. The zero-order chi connectivity index (χ0) is 13.0. The summed E-state index contributed by atoms with van der Waals surface area (Å²) in [5.41, 5.74) is 7.16. The molecule has 0 aliphatic rings. The summed E-state index contributed by atoms with van der Waals surface area (Å²) in [6.45, 7) is 0.614. The van der Waals surface area contributed by atoms with E-state index in [4.69, 9.17) is 15.7 Å². The second-order valence-corrected chi connectivity index (χ2v) is 3.72. The van der Waals surface area contributed by atoms with Crippen molar-refractivity contribution in [2.45, 2.75) is 6.54 Å². The first kappa shape index (κ1) is 12.0. The topological polar surface area (TPSA) is 85.7 Å². The standard InChI is InChI=1S/C12H14N4O2/c1-18-11-4-3-9(7-10(11)12(13)15-17)8-16-6-2-5-14-16/h2-7,17H,8H2,1H3,(H2,13,15). The maximum Gasteiger partial charge on any atom is 0.173 e. The molecule has 94 valence electrons. The lowest BCUT2D eigenvalue weighted by atomic mass is 10.1. The molecule has 1 aromatic carbocycles. The first-order valence-electron chi connectivity index (χ1n) is 5.37. The van der Waals surface area contributed by atoms with Crippen molar-refractivity contribution < 1.29 is 9.94 Å². The number of aromatic nitrogens is 2. The quantitative estimate of drug-likeness (QED) is 0.365. The van der Waals surface area contributed by atoms with Crippen LogP contribution >= 0.6 is 0 Å². The molecule has 18 heavy (non-hydrogen) atoms. The molecule has 0 saturated carbocycles. The van der Waals surface area contributed by atoms with Crippen LogP contribution in [0.2, 0.25) is 0 Å². The number of amidine groups is 1. The zero-order valence-corrected chi connectivity index (χ0v) is 9.95. The third kappa shape index (κ3) is 2.42. The highest BCUT2D eigenvalue weighted by atomic mass is 16.5. The number of nitrogens with two attached hydrogens (primary N) is 1. The molecule has 0 spiro atoms. The molecule has 0 amide bonds. The summed E-state index contributed by atoms with van der Waals surface area (Å²) in [7, 11) is 1.54. The van der Waals surface area contributed by atoms with E-state index < -0.39 is 0 Å². The summed E-state index contributed by atoms with van der Waals surface area (Å²) >= 11 is 0. The molecule has 2 rings (SSSR count). The van der Waals surface area contributed by atoms with Crippen LogP contribution in [-0.2, 0) is 6.54 Å². The van der Waals surface area contributed by atoms with Crippen molar-refractivity contribution in [3.8, 4) is 5.75 Å². The number of oxime groups is 1. The second-order valence-electron chi connectivity index (χ2n) is 3.72. The Labute approximate surface area is 104 Å². The van der Waals surface area contributed by atoms with Crippen LogP contribution in [0.5, 0.6) is 5.75 Å². The lowest BCUT2D eigenvalue weighted by Crippen LogP contribution is -2.15. The molecule has 0 aliphatic carbocycles. The van der Waals surface area contributed by atoms with Crippen LogP contribution in [0.4, 0.5) is 0 Å². The van der Waals surface area contributed by atoms with Gasteiger partial charge in [-0.2, -0.15) is 5.10 Å². The van der Waals surface area contributed by atoms with Crippen molar-refractivity contribution in [2.75, 3.05) is 7.11 Å². The van der Waals surface area contributed by atoms with E-state index in [-0.39, 0.29) is 5.84 Å². The van der Waals surface area contributed by atoms with Gasteiger partial charge in [-0.05, 0) is 23.8 Å². The van der Waals surface area contributed by atoms with Crippen molar-refractivity contribution in [1.82, 2.24) is 9.78 Å². The van der Waals surface area contributed by atoms with Gasteiger partial charge in [0.1, 0.15) is 5.75 Å². The molecule has 0 saturated heterocycles. The molecule has 0 atom stereocenters. The van der Waals surface area contributed by atoms with Gasteiger partial charge in [0.05, 0.1) is 19.2 Å². The van der Waals surface area contributed by atoms with Crippen molar-refractivity contribution >= 4 is 5.84 Å². The molecule has 0 radical (unpaired) electrons. The molecular weight excluding hydrogens is 232 g/mol. The minimum absolute atomic E-state index is 0.0224. The highest BCUT2D eigenvalue weighted by Gasteiger charge is 2.09. The Morgan fingerprint density at radius 1 is 1.56 bits per heavy atom. The average Bonchev–Trinajstić information content (AvgIpc) is 2.90. The fourth-order valence-electron chi connectivity index (χ4n) is 1.69. The molecule has 2 aromatic rings. The van der Waals surface area contributed by atoms with Crippen molar-refractivity contribution in [3.63, 3.8) is 0 Å². The van der Waals surface area contributed by atoms with Crippen LogP contribution < -0.4 is 10.5 Å². The first-order valence-corrected chi connectivity index (χ1v) is 5.37. The van der Waals surface area contributed by atoms with E-state index in [0.717, 1.165) is 5.56 Å². The van der Waals surface area contributed by atoms with Gasteiger partial charge in [-0.25, -0.2) is 0 Å². The lowest BCUT2D eigenvalue weighted by molar-refractivity contribution is 0.318. The van der Waals surface area contributed by atoms with Crippen molar-refractivity contribution in [2.24, 2.45) is 10.9 Å². The summed E-state index contributed by atoms with van der Waals surface area (Å²) in [5.74, 6) is 0.587. The third-order valence-electron chi connectivity index (χ3n) is 2.55. The van der Waals surface area contributed by atoms with E-state index in [1.807, 2.05) is 24.4 Å². The molecular formula is C12H14N4O2. The number of rotatable bonds is 4. The molecule has 6 heteroatoms. The minimum atomic E-state index is 0.0224. The van der Waals surface area contributed by atoms with Gasteiger partial charge in [0.15, 0.2) is 5.84 Å². The monoisotopic (exact) mass is 246 g/mol. The van der Waals surface area contributed by atoms with E-state index >= 15 is 0 Å². The molecule has 1 aromatic heterocycles. The number of methoxy groups -OCH3 is 1. The van der Waals surface area contributed by atoms with Crippen LogP contribution in [-0.4, -0.2) is 27.9 Å². The van der Waals surface area contributed by atoms with Gasteiger partial charge >= 0.3 is 0 Å². The van der Waals surface area contributed by atoms with Crippen LogP contribution in [0.3, 0.4) is 0 Å². The van der Waals surface area contributed by atoms with Gasteiger partial charge in [-0.1, -0.05) is 11.2 Å². The van der Waals surface area contributed by atoms with Gasteiger partial charge in [0, 0.05) is 12.4 Å².